The topological polar surface area (TPSA) is 83.4 Å². The van der Waals surface area contributed by atoms with E-state index in [1.807, 2.05) is 17.2 Å². The van der Waals surface area contributed by atoms with Gasteiger partial charge in [0.05, 0.1) is 6.20 Å². The van der Waals surface area contributed by atoms with Crippen LogP contribution in [0.25, 0.3) is 0 Å². The maximum Gasteiger partial charge on any atom is 0.243 e. The van der Waals surface area contributed by atoms with E-state index in [1.54, 1.807) is 10.9 Å². The van der Waals surface area contributed by atoms with Crippen molar-refractivity contribution in [1.82, 2.24) is 30.1 Å². The van der Waals surface area contributed by atoms with Gasteiger partial charge in [0, 0.05) is 57.3 Å². The lowest BCUT2D eigenvalue weighted by Gasteiger charge is -2.56. The number of nitrogens with zero attached hydrogens (tertiary/aromatic N) is 5. The minimum Gasteiger partial charge on any atom is -0.354 e. The smallest absolute Gasteiger partial charge is 0.243 e. The van der Waals surface area contributed by atoms with Crippen molar-refractivity contribution in [3.05, 3.63) is 48.3 Å². The minimum atomic E-state index is -0.353. The quantitative estimate of drug-likeness (QED) is 0.668. The number of rotatable bonds is 7. The second-order valence-corrected chi connectivity index (χ2v) is 9.45. The molecule has 1 aromatic heterocycles. The molecule has 3 fully saturated rings. The van der Waals surface area contributed by atoms with Gasteiger partial charge in [-0.1, -0.05) is 35.5 Å². The minimum absolute atomic E-state index is 0.00820. The fourth-order valence-corrected chi connectivity index (χ4v) is 5.97. The summed E-state index contributed by atoms with van der Waals surface area (Å²) in [7, 11) is 0. The van der Waals surface area contributed by atoms with Crippen molar-refractivity contribution >= 4 is 11.8 Å². The van der Waals surface area contributed by atoms with Crippen LogP contribution in [0.3, 0.4) is 0 Å². The number of piperidine rings is 3. The van der Waals surface area contributed by atoms with E-state index < -0.39 is 0 Å². The summed E-state index contributed by atoms with van der Waals surface area (Å²) in [6, 6.07) is 10.4. The summed E-state index contributed by atoms with van der Waals surface area (Å²) in [5, 5.41) is 10.9. The highest BCUT2D eigenvalue weighted by Crippen LogP contribution is 2.42. The normalized spacial score (nSPS) is 27.8. The first-order valence-corrected chi connectivity index (χ1v) is 11.9. The number of aromatic nitrogens is 3. The number of aryl methyl sites for hydroxylation is 1. The van der Waals surface area contributed by atoms with Gasteiger partial charge in [-0.2, -0.15) is 0 Å². The van der Waals surface area contributed by atoms with Crippen molar-refractivity contribution in [3.63, 3.8) is 0 Å². The van der Waals surface area contributed by atoms with E-state index in [0.717, 1.165) is 45.3 Å². The Kier molecular flexibility index (Phi) is 6.21. The first-order chi connectivity index (χ1) is 15.7. The second kappa shape index (κ2) is 9.40. The lowest BCUT2D eigenvalue weighted by molar-refractivity contribution is -0.160. The average Bonchev–Trinajstić information content (AvgIpc) is 3.32. The van der Waals surface area contributed by atoms with E-state index in [0.29, 0.717) is 25.4 Å². The lowest BCUT2D eigenvalue weighted by Crippen LogP contribution is -2.68. The van der Waals surface area contributed by atoms with E-state index in [9.17, 15) is 9.59 Å². The average molecular weight is 437 g/mol. The molecule has 170 valence electrons. The predicted molar refractivity (Wildman–Crippen MR) is 119 cm³/mol. The first-order valence-electron chi connectivity index (χ1n) is 11.9. The van der Waals surface area contributed by atoms with Crippen LogP contribution < -0.4 is 5.32 Å². The molecule has 2 aromatic rings. The van der Waals surface area contributed by atoms with Gasteiger partial charge in [0.15, 0.2) is 0 Å². The molecule has 32 heavy (non-hydrogen) atoms. The standard InChI is InChI=1S/C24H32N6O2/c31-22-9-4-8-21-19-14-20(17-28(16-19)15-18-6-2-1-3-7-18)23(30(21)22)24(32)25-10-5-12-29-13-11-26-27-29/h1-3,6-7,11,13,19-21,23H,4-5,8-10,12,14-17H2,(H,25,32)/t19-,20+,21+,23-/m1/s1. The molecule has 4 heterocycles. The van der Waals surface area contributed by atoms with Gasteiger partial charge in [0.2, 0.25) is 11.8 Å². The van der Waals surface area contributed by atoms with E-state index >= 15 is 0 Å². The number of fused-ring (bicyclic) bond motifs is 4. The summed E-state index contributed by atoms with van der Waals surface area (Å²) in [6.45, 7) is 4.06. The molecule has 3 saturated heterocycles. The third-order valence-corrected chi connectivity index (χ3v) is 7.27. The molecule has 3 aliphatic rings. The molecule has 0 spiro atoms. The summed E-state index contributed by atoms with van der Waals surface area (Å²) < 4.78 is 1.77. The molecule has 2 bridgehead atoms. The zero-order chi connectivity index (χ0) is 21.9. The van der Waals surface area contributed by atoms with Crippen molar-refractivity contribution in [1.29, 1.82) is 0 Å². The van der Waals surface area contributed by atoms with E-state index in [2.05, 4.69) is 44.8 Å². The van der Waals surface area contributed by atoms with Crippen LogP contribution in [-0.4, -0.2) is 68.3 Å². The molecule has 0 saturated carbocycles. The van der Waals surface area contributed by atoms with Gasteiger partial charge in [-0.3, -0.25) is 19.2 Å². The molecule has 5 rings (SSSR count). The fraction of sp³-hybridized carbons (Fsp3) is 0.583. The molecule has 4 atom stereocenters. The first kappa shape index (κ1) is 21.1. The summed E-state index contributed by atoms with van der Waals surface area (Å²) >= 11 is 0. The highest BCUT2D eigenvalue weighted by atomic mass is 16.2. The van der Waals surface area contributed by atoms with Gasteiger partial charge in [-0.05, 0) is 37.2 Å². The Balaban J connectivity index is 1.28. The van der Waals surface area contributed by atoms with Crippen LogP contribution >= 0.6 is 0 Å². The Labute approximate surface area is 188 Å². The number of benzene rings is 1. The van der Waals surface area contributed by atoms with Crippen LogP contribution in [0.5, 0.6) is 0 Å². The van der Waals surface area contributed by atoms with Crippen LogP contribution in [0.15, 0.2) is 42.7 Å². The molecule has 3 aliphatic heterocycles. The van der Waals surface area contributed by atoms with Crippen molar-refractivity contribution in [2.75, 3.05) is 19.6 Å². The summed E-state index contributed by atoms with van der Waals surface area (Å²) in [4.78, 5) is 30.8. The third kappa shape index (κ3) is 4.41. The van der Waals surface area contributed by atoms with Crippen LogP contribution in [0.4, 0.5) is 0 Å². The van der Waals surface area contributed by atoms with Gasteiger partial charge in [-0.25, -0.2) is 0 Å². The SMILES string of the molecule is O=C(NCCCn1ccnn1)[C@H]1[C@H]2C[C@H](CN(Cc3ccccc3)C2)[C@@H]2CCCC(=O)N21. The van der Waals surface area contributed by atoms with E-state index in [4.69, 9.17) is 0 Å². The van der Waals surface area contributed by atoms with Crippen molar-refractivity contribution in [3.8, 4) is 0 Å². The Morgan fingerprint density at radius 3 is 2.81 bits per heavy atom. The van der Waals surface area contributed by atoms with Crippen LogP contribution in [-0.2, 0) is 22.7 Å². The van der Waals surface area contributed by atoms with Crippen molar-refractivity contribution < 1.29 is 9.59 Å². The molecule has 0 aliphatic carbocycles. The molecule has 1 N–H and O–H groups in total. The lowest BCUT2D eigenvalue weighted by atomic mass is 9.71. The van der Waals surface area contributed by atoms with Gasteiger partial charge in [-0.15, -0.1) is 5.10 Å². The molecule has 8 nitrogen and oxygen atoms in total. The number of hydrogen-bond donors (Lipinski definition) is 1. The van der Waals surface area contributed by atoms with E-state index in [1.165, 1.54) is 5.56 Å². The maximum absolute atomic E-state index is 13.4. The number of likely N-dealkylation sites (tertiary alicyclic amines) is 1. The number of amides is 2. The molecule has 1 aromatic carbocycles. The molecule has 2 amide bonds. The Morgan fingerprint density at radius 1 is 1.16 bits per heavy atom. The number of carbonyl (C=O) groups is 2. The third-order valence-electron chi connectivity index (χ3n) is 7.27. The van der Waals surface area contributed by atoms with E-state index in [-0.39, 0.29) is 29.8 Å². The number of nitrogens with one attached hydrogen (secondary N) is 1. The molecule has 0 unspecified atom stereocenters. The highest BCUT2D eigenvalue weighted by molar-refractivity contribution is 5.89. The highest BCUT2D eigenvalue weighted by Gasteiger charge is 2.51. The number of carbonyl (C=O) groups excluding carboxylic acids is 2. The molecular formula is C24H32N6O2. The number of hydrogen-bond acceptors (Lipinski definition) is 5. The van der Waals surface area contributed by atoms with Crippen molar-refractivity contribution in [2.45, 2.75) is 57.3 Å². The largest absolute Gasteiger partial charge is 0.354 e. The van der Waals surface area contributed by atoms with Gasteiger partial charge < -0.3 is 10.2 Å². The van der Waals surface area contributed by atoms with Gasteiger partial charge in [0.25, 0.3) is 0 Å². The molecule has 0 radical (unpaired) electrons. The maximum atomic E-state index is 13.4. The molecular weight excluding hydrogens is 404 g/mol. The monoisotopic (exact) mass is 436 g/mol. The van der Waals surface area contributed by atoms with Gasteiger partial charge >= 0.3 is 0 Å². The summed E-state index contributed by atoms with van der Waals surface area (Å²) in [5.41, 5.74) is 1.30. The molecule has 8 heteroatoms. The Bertz CT molecular complexity index is 918. The van der Waals surface area contributed by atoms with Crippen LogP contribution in [0.1, 0.15) is 37.7 Å². The van der Waals surface area contributed by atoms with Gasteiger partial charge in [0.1, 0.15) is 6.04 Å². The van der Waals surface area contributed by atoms with Crippen molar-refractivity contribution in [2.24, 2.45) is 11.8 Å². The predicted octanol–water partition coefficient (Wildman–Crippen LogP) is 1.69. The zero-order valence-corrected chi connectivity index (χ0v) is 18.5. The Morgan fingerprint density at radius 2 is 2.00 bits per heavy atom. The summed E-state index contributed by atoms with van der Waals surface area (Å²) in [6.07, 6.45) is 7.82. The van der Waals surface area contributed by atoms with Crippen LogP contribution in [0.2, 0.25) is 0 Å². The second-order valence-electron chi connectivity index (χ2n) is 9.45. The zero-order valence-electron chi connectivity index (χ0n) is 18.5. The summed E-state index contributed by atoms with van der Waals surface area (Å²) in [5.74, 6) is 0.813. The fourth-order valence-electron chi connectivity index (χ4n) is 5.97. The van der Waals surface area contributed by atoms with Crippen LogP contribution in [0, 0.1) is 11.8 Å². The Hall–Kier alpha value is -2.74.